The highest BCUT2D eigenvalue weighted by atomic mass is 32.7. The third kappa shape index (κ3) is 6.23. The second-order valence-corrected chi connectivity index (χ2v) is 18.5. The molecule has 1 aliphatic carbocycles. The van der Waals surface area contributed by atoms with Crippen molar-refractivity contribution in [2.45, 2.75) is 53.9 Å². The van der Waals surface area contributed by atoms with E-state index in [0.717, 1.165) is 18.2 Å². The third-order valence-corrected chi connectivity index (χ3v) is 13.3. The number of aliphatic hydroxyl groups is 1. The van der Waals surface area contributed by atoms with E-state index in [1.165, 1.54) is 24.3 Å². The molecule has 1 saturated carbocycles. The van der Waals surface area contributed by atoms with Crippen molar-refractivity contribution in [2.75, 3.05) is 31.8 Å². The molecule has 4 aromatic heterocycles. The van der Waals surface area contributed by atoms with Crippen LogP contribution in [0.3, 0.4) is 0 Å². The van der Waals surface area contributed by atoms with E-state index in [1.807, 2.05) is 4.57 Å². The van der Waals surface area contributed by atoms with E-state index in [4.69, 9.17) is 46.1 Å². The van der Waals surface area contributed by atoms with Gasteiger partial charge in [-0.05, 0) is 31.1 Å². The van der Waals surface area contributed by atoms with Crippen LogP contribution in [0.5, 0.6) is 0 Å². The number of aromatic amines is 1. The summed E-state index contributed by atoms with van der Waals surface area (Å²) in [5.41, 5.74) is 11.5. The lowest BCUT2D eigenvalue weighted by Gasteiger charge is -2.32. The zero-order chi connectivity index (χ0) is 33.3. The topological polar surface area (TPSA) is 263 Å². The lowest BCUT2D eigenvalue weighted by Crippen LogP contribution is -2.36. The molecule has 3 aliphatic rings. The zero-order valence-electron chi connectivity index (χ0n) is 24.4. The van der Waals surface area contributed by atoms with Crippen LogP contribution in [-0.2, 0) is 39.2 Å². The summed E-state index contributed by atoms with van der Waals surface area (Å²) in [7, 11) is 1.21. The van der Waals surface area contributed by atoms with Gasteiger partial charge in [0.05, 0.1) is 42.8 Å². The van der Waals surface area contributed by atoms with E-state index in [1.54, 1.807) is 6.33 Å². The van der Waals surface area contributed by atoms with E-state index in [2.05, 4.69) is 42.2 Å². The van der Waals surface area contributed by atoms with Gasteiger partial charge in [0.2, 0.25) is 5.95 Å². The molecule has 2 unspecified atom stereocenters. The Labute approximate surface area is 280 Å². The van der Waals surface area contributed by atoms with Gasteiger partial charge in [0.15, 0.2) is 22.6 Å². The Kier molecular flexibility index (Phi) is 8.71. The molecule has 4 aromatic rings. The highest BCUT2D eigenvalue weighted by molar-refractivity contribution is 8.44. The van der Waals surface area contributed by atoms with E-state index in [-0.39, 0.29) is 42.1 Å². The number of nitrogens with zero attached hydrogens (tertiary/aromatic N) is 7. The summed E-state index contributed by atoms with van der Waals surface area (Å²) in [6.07, 6.45) is 3.38. The summed E-state index contributed by atoms with van der Waals surface area (Å²) in [6, 6.07) is 0. The Morgan fingerprint density at radius 3 is 2.77 bits per heavy atom. The fourth-order valence-corrected chi connectivity index (χ4v) is 10.1. The number of nitrogen functional groups attached to an aromatic ring is 2. The first-order chi connectivity index (χ1) is 22.3. The van der Waals surface area contributed by atoms with Crippen molar-refractivity contribution in [3.63, 3.8) is 0 Å². The van der Waals surface area contributed by atoms with E-state index >= 15 is 0 Å². The van der Waals surface area contributed by atoms with Crippen molar-refractivity contribution in [1.82, 2.24) is 39.0 Å². The molecule has 19 nitrogen and oxygen atoms in total. The molecule has 3 fully saturated rings. The number of hydrogen-bond acceptors (Lipinski definition) is 17. The van der Waals surface area contributed by atoms with Gasteiger partial charge in [-0.1, -0.05) is 12.2 Å². The van der Waals surface area contributed by atoms with E-state index in [0.29, 0.717) is 24.0 Å². The molecule has 6 heterocycles. The lowest BCUT2D eigenvalue weighted by molar-refractivity contribution is -0.121. The molecule has 7 N–H and O–H groups in total. The predicted octanol–water partition coefficient (Wildman–Crippen LogP) is 1.49. The van der Waals surface area contributed by atoms with Crippen molar-refractivity contribution in [3.8, 4) is 0 Å². The number of rotatable bonds is 11. The molecule has 47 heavy (non-hydrogen) atoms. The standard InChI is InChI=1S/C23H30N10O9P2S3/c1-38-43(36,45)39-5-11-14(34)15(21(47-11)33-9-29-13-18(33)30-22(25)31-19(13)35)42-44(37,46)40-6-23-3-2-10(4-23)20(41-23)32-8-28-12-16(24)26-7-27-17(12)32/h7-11,14-15,20-21,34H,2-6H2,1H3,(H,36,45)(H,37,46)(H2,24,26,27)(H3,25,30,31,35)/t10-,11-,14-,15-,20-,21-,23+,43?,44?/m1/s1. The van der Waals surface area contributed by atoms with Crippen molar-refractivity contribution in [3.05, 3.63) is 29.3 Å². The largest absolute Gasteiger partial charge is 0.389 e. The molecule has 0 aromatic carbocycles. The van der Waals surface area contributed by atoms with Crippen LogP contribution < -0.4 is 17.0 Å². The van der Waals surface area contributed by atoms with Gasteiger partial charge in [0.25, 0.3) is 5.56 Å². The fraction of sp³-hybridized carbons (Fsp3) is 0.565. The monoisotopic (exact) mass is 748 g/mol. The molecule has 2 saturated heterocycles. The molecule has 24 heteroatoms. The highest BCUT2D eigenvalue weighted by Gasteiger charge is 2.55. The van der Waals surface area contributed by atoms with Crippen LogP contribution in [0.25, 0.3) is 22.3 Å². The van der Waals surface area contributed by atoms with Gasteiger partial charge in [-0.25, -0.2) is 24.5 Å². The average molecular weight is 749 g/mol. The molecule has 0 radical (unpaired) electrons. The number of fused-ring (bicyclic) bond motifs is 4. The maximum atomic E-state index is 13.8. The minimum Gasteiger partial charge on any atom is -0.389 e. The van der Waals surface area contributed by atoms with Gasteiger partial charge in [-0.15, -0.1) is 11.8 Å². The van der Waals surface area contributed by atoms with Gasteiger partial charge < -0.3 is 35.3 Å². The molecule has 254 valence electrons. The second kappa shape index (κ2) is 12.3. The van der Waals surface area contributed by atoms with Gasteiger partial charge in [0, 0.05) is 13.0 Å². The van der Waals surface area contributed by atoms with Crippen LogP contribution in [-0.4, -0.2) is 92.4 Å². The minimum atomic E-state index is -4.19. The van der Waals surface area contributed by atoms with Crippen LogP contribution in [0.1, 0.15) is 30.9 Å². The van der Waals surface area contributed by atoms with Crippen molar-refractivity contribution in [1.29, 1.82) is 0 Å². The number of aromatic nitrogens is 8. The SMILES string of the molecule is COP(O)(=S)OC[C@H]1S[C@@H](n2cnc3c(=O)[nH]c(N)nc32)[C@H](OP(=O)(S)OC[C@]23CC[C@H](C2)[C@H](n2cnc4c(N)ncnc42)O3)[C@@H]1O. The molecule has 2 aliphatic heterocycles. The molecular weight excluding hydrogens is 718 g/mol. The van der Waals surface area contributed by atoms with Crippen LogP contribution in [0, 0.1) is 5.92 Å². The number of anilines is 2. The summed E-state index contributed by atoms with van der Waals surface area (Å²) < 4.78 is 45.6. The number of nitrogens with two attached hydrogens (primary N) is 2. The van der Waals surface area contributed by atoms with Crippen LogP contribution in [0.2, 0.25) is 0 Å². The number of thioether (sulfide) groups is 1. The Morgan fingerprint density at radius 1 is 1.21 bits per heavy atom. The number of ether oxygens (including phenoxy) is 1. The smallest absolute Gasteiger partial charge is 0.386 e. The first-order valence-electron chi connectivity index (χ1n) is 14.1. The summed E-state index contributed by atoms with van der Waals surface area (Å²) in [6.45, 7) is -8.11. The molecule has 2 bridgehead atoms. The minimum absolute atomic E-state index is 0.00840. The summed E-state index contributed by atoms with van der Waals surface area (Å²) in [5.74, 6) is 0.219. The van der Waals surface area contributed by atoms with Crippen LogP contribution in [0.15, 0.2) is 23.8 Å². The van der Waals surface area contributed by atoms with Gasteiger partial charge in [-0.3, -0.25) is 28.0 Å². The van der Waals surface area contributed by atoms with Crippen molar-refractivity contribution in [2.24, 2.45) is 5.92 Å². The van der Waals surface area contributed by atoms with Crippen molar-refractivity contribution < 1.29 is 37.4 Å². The quantitative estimate of drug-likeness (QED) is 0.0937. The Bertz CT molecular complexity index is 2000. The normalized spacial score (nSPS) is 31.5. The van der Waals surface area contributed by atoms with E-state index in [9.17, 15) is 19.4 Å². The number of imidazole rings is 2. The predicted molar refractivity (Wildman–Crippen MR) is 176 cm³/mol. The van der Waals surface area contributed by atoms with Gasteiger partial charge >= 0.3 is 13.5 Å². The lowest BCUT2D eigenvalue weighted by atomic mass is 10.0. The molecule has 0 spiro atoms. The average Bonchev–Trinajstić information content (AvgIpc) is 3.85. The molecular formula is C23H30N10O9P2S3. The third-order valence-electron chi connectivity index (χ3n) is 8.46. The van der Waals surface area contributed by atoms with Crippen LogP contribution in [0.4, 0.5) is 11.8 Å². The second-order valence-electron chi connectivity index (χ2n) is 11.4. The number of hydrogen-bond donors (Lipinski definition) is 6. The number of H-pyrrole nitrogens is 1. The Balaban J connectivity index is 1.10. The summed E-state index contributed by atoms with van der Waals surface area (Å²) >= 11 is 10.3. The van der Waals surface area contributed by atoms with Gasteiger partial charge in [0.1, 0.15) is 29.5 Å². The maximum Gasteiger partial charge on any atom is 0.386 e. The summed E-state index contributed by atoms with van der Waals surface area (Å²) in [4.78, 5) is 45.9. The summed E-state index contributed by atoms with van der Waals surface area (Å²) in [5, 5.41) is 9.74. The Hall–Kier alpha value is -2.20. The fourth-order valence-electron chi connectivity index (χ4n) is 6.26. The molecule has 9 atom stereocenters. The first kappa shape index (κ1) is 33.3. The number of nitrogens with one attached hydrogen (secondary N) is 1. The maximum absolute atomic E-state index is 13.8. The number of thiol groups is 1. The van der Waals surface area contributed by atoms with Gasteiger partial charge in [-0.2, -0.15) is 4.98 Å². The van der Waals surface area contributed by atoms with E-state index < -0.39 is 53.7 Å². The van der Waals surface area contributed by atoms with Crippen LogP contribution >= 0.6 is 37.5 Å². The van der Waals surface area contributed by atoms with Crippen molar-refractivity contribution >= 4 is 83.4 Å². The molecule has 7 rings (SSSR count). The molecule has 0 amide bonds. The Morgan fingerprint density at radius 2 is 1.98 bits per heavy atom. The zero-order valence-corrected chi connectivity index (χ0v) is 28.7. The first-order valence-corrected chi connectivity index (χ1v) is 20.4. The highest BCUT2D eigenvalue weighted by Crippen LogP contribution is 2.61. The number of aliphatic hydroxyl groups excluding tert-OH is 1.